The lowest BCUT2D eigenvalue weighted by Crippen LogP contribution is -2.57. The molecule has 20 heavy (non-hydrogen) atoms. The van der Waals surface area contributed by atoms with Crippen LogP contribution in [0.5, 0.6) is 0 Å². The number of nitrogens with zero attached hydrogens (tertiary/aromatic N) is 2. The van der Waals surface area contributed by atoms with Gasteiger partial charge in [-0.25, -0.2) is 0 Å². The Balaban J connectivity index is 1.79. The van der Waals surface area contributed by atoms with E-state index in [4.69, 9.17) is 4.74 Å². The molecule has 0 radical (unpaired) electrons. The van der Waals surface area contributed by atoms with Crippen molar-refractivity contribution in [2.75, 3.05) is 39.9 Å². The van der Waals surface area contributed by atoms with Crippen LogP contribution in [0.15, 0.2) is 17.1 Å². The number of hydrogen-bond donors (Lipinski definition) is 2. The number of morpholine rings is 1. The quantitative estimate of drug-likeness (QED) is 0.458. The minimum atomic E-state index is 0.106. The van der Waals surface area contributed by atoms with E-state index in [0.29, 0.717) is 6.04 Å². The molecule has 0 aromatic rings. The first-order chi connectivity index (χ1) is 9.62. The Hall–Kier alpha value is -1.07. The van der Waals surface area contributed by atoms with E-state index in [9.17, 15) is 0 Å². The molecule has 0 aromatic heterocycles. The predicted octanol–water partition coefficient (Wildman–Crippen LogP) is 0.981. The van der Waals surface area contributed by atoms with Crippen LogP contribution in [0.2, 0.25) is 0 Å². The Bertz CT molecular complexity index is 351. The molecule has 1 fully saturated rings. The van der Waals surface area contributed by atoms with Gasteiger partial charge in [0.2, 0.25) is 0 Å². The first-order valence-corrected chi connectivity index (χ1v) is 7.57. The standard InChI is InChI=1S/C15H28N4O/c1-15(2,19-8-10-20-11-9-19)12-17-14(16-3)18-13-6-4-5-7-13/h4-5,13H,6-12H2,1-3H3,(H2,16,17,18). The zero-order valence-corrected chi connectivity index (χ0v) is 13.0. The van der Waals surface area contributed by atoms with E-state index in [1.807, 2.05) is 7.05 Å². The molecule has 5 nitrogen and oxygen atoms in total. The highest BCUT2D eigenvalue weighted by Gasteiger charge is 2.28. The molecule has 0 amide bonds. The zero-order valence-electron chi connectivity index (χ0n) is 13.0. The van der Waals surface area contributed by atoms with Crippen molar-refractivity contribution in [2.45, 2.75) is 38.3 Å². The van der Waals surface area contributed by atoms with E-state index in [1.165, 1.54) is 0 Å². The number of aliphatic imine (C=N–C) groups is 1. The molecule has 0 spiro atoms. The maximum atomic E-state index is 5.43. The van der Waals surface area contributed by atoms with Gasteiger partial charge >= 0.3 is 0 Å². The number of hydrogen-bond acceptors (Lipinski definition) is 3. The fourth-order valence-corrected chi connectivity index (χ4v) is 2.70. The van der Waals surface area contributed by atoms with Crippen LogP contribution >= 0.6 is 0 Å². The van der Waals surface area contributed by atoms with Crippen LogP contribution in [0.25, 0.3) is 0 Å². The van der Waals surface area contributed by atoms with Crippen molar-refractivity contribution in [1.82, 2.24) is 15.5 Å². The van der Waals surface area contributed by atoms with E-state index < -0.39 is 0 Å². The third-order valence-corrected chi connectivity index (χ3v) is 4.13. The van der Waals surface area contributed by atoms with Crippen molar-refractivity contribution in [1.29, 1.82) is 0 Å². The Morgan fingerprint density at radius 1 is 1.30 bits per heavy atom. The molecule has 2 N–H and O–H groups in total. The lowest BCUT2D eigenvalue weighted by Gasteiger charge is -2.41. The highest BCUT2D eigenvalue weighted by molar-refractivity contribution is 5.80. The SMILES string of the molecule is CN=C(NCC(C)(C)N1CCOCC1)NC1CC=CC1. The molecule has 0 bridgehead atoms. The second-order valence-corrected chi connectivity index (χ2v) is 6.12. The third kappa shape index (κ3) is 4.21. The summed E-state index contributed by atoms with van der Waals surface area (Å²) in [6.45, 7) is 9.12. The van der Waals surface area contributed by atoms with Crippen LogP contribution in [0.1, 0.15) is 26.7 Å². The van der Waals surface area contributed by atoms with Crippen molar-refractivity contribution >= 4 is 5.96 Å². The van der Waals surface area contributed by atoms with E-state index in [2.05, 4.69) is 46.5 Å². The first-order valence-electron chi connectivity index (χ1n) is 7.57. The summed E-state index contributed by atoms with van der Waals surface area (Å²) < 4.78 is 5.43. The molecule has 1 saturated heterocycles. The normalized spacial score (nSPS) is 22.2. The van der Waals surface area contributed by atoms with Crippen LogP contribution in [-0.4, -0.2) is 62.3 Å². The van der Waals surface area contributed by atoms with Gasteiger partial charge in [0, 0.05) is 38.3 Å². The summed E-state index contributed by atoms with van der Waals surface area (Å²) in [5, 5.41) is 6.94. The Kier molecular flexibility index (Phi) is 5.43. The maximum Gasteiger partial charge on any atom is 0.191 e. The summed E-state index contributed by atoms with van der Waals surface area (Å²) in [6.07, 6.45) is 6.63. The molecule has 1 aliphatic heterocycles. The summed E-state index contributed by atoms with van der Waals surface area (Å²) in [7, 11) is 1.83. The predicted molar refractivity (Wildman–Crippen MR) is 83.1 cm³/mol. The molecule has 0 saturated carbocycles. The Labute approximate surface area is 122 Å². The number of nitrogens with one attached hydrogen (secondary N) is 2. The fraction of sp³-hybridized carbons (Fsp3) is 0.800. The van der Waals surface area contributed by atoms with Crippen LogP contribution in [-0.2, 0) is 4.74 Å². The molecule has 2 rings (SSSR count). The molecule has 5 heteroatoms. The largest absolute Gasteiger partial charge is 0.379 e. The smallest absolute Gasteiger partial charge is 0.191 e. The van der Waals surface area contributed by atoms with Crippen molar-refractivity contribution in [2.24, 2.45) is 4.99 Å². The fourth-order valence-electron chi connectivity index (χ4n) is 2.70. The lowest BCUT2D eigenvalue weighted by molar-refractivity contribution is -0.00834. The summed E-state index contributed by atoms with van der Waals surface area (Å²) in [4.78, 5) is 6.80. The van der Waals surface area contributed by atoms with Gasteiger partial charge in [-0.3, -0.25) is 9.89 Å². The van der Waals surface area contributed by atoms with Gasteiger partial charge in [-0.15, -0.1) is 0 Å². The zero-order chi connectivity index (χ0) is 14.4. The van der Waals surface area contributed by atoms with Gasteiger partial charge < -0.3 is 15.4 Å². The van der Waals surface area contributed by atoms with E-state index in [1.54, 1.807) is 0 Å². The van der Waals surface area contributed by atoms with Crippen molar-refractivity contribution in [3.63, 3.8) is 0 Å². The van der Waals surface area contributed by atoms with Gasteiger partial charge in [0.1, 0.15) is 0 Å². The van der Waals surface area contributed by atoms with E-state index in [0.717, 1.165) is 51.6 Å². The summed E-state index contributed by atoms with van der Waals surface area (Å²) in [5.41, 5.74) is 0.106. The van der Waals surface area contributed by atoms with Gasteiger partial charge in [0.15, 0.2) is 5.96 Å². The van der Waals surface area contributed by atoms with Gasteiger partial charge in [0.05, 0.1) is 13.2 Å². The number of ether oxygens (including phenoxy) is 1. The average molecular weight is 280 g/mol. The van der Waals surface area contributed by atoms with Crippen LogP contribution in [0.3, 0.4) is 0 Å². The molecule has 2 aliphatic rings. The van der Waals surface area contributed by atoms with Gasteiger partial charge in [0.25, 0.3) is 0 Å². The molecule has 1 heterocycles. The molecular formula is C15H28N4O. The summed E-state index contributed by atoms with van der Waals surface area (Å²) in [6, 6.07) is 0.493. The monoisotopic (exact) mass is 280 g/mol. The van der Waals surface area contributed by atoms with E-state index in [-0.39, 0.29) is 5.54 Å². The Morgan fingerprint density at radius 3 is 2.55 bits per heavy atom. The minimum absolute atomic E-state index is 0.106. The summed E-state index contributed by atoms with van der Waals surface area (Å²) >= 11 is 0. The van der Waals surface area contributed by atoms with Crippen LogP contribution < -0.4 is 10.6 Å². The topological polar surface area (TPSA) is 48.9 Å². The van der Waals surface area contributed by atoms with Gasteiger partial charge in [-0.2, -0.15) is 0 Å². The Morgan fingerprint density at radius 2 is 1.95 bits per heavy atom. The highest BCUT2D eigenvalue weighted by atomic mass is 16.5. The highest BCUT2D eigenvalue weighted by Crippen LogP contribution is 2.15. The number of guanidine groups is 1. The first kappa shape index (κ1) is 15.3. The van der Waals surface area contributed by atoms with Crippen molar-refractivity contribution in [3.8, 4) is 0 Å². The lowest BCUT2D eigenvalue weighted by atomic mass is 10.0. The van der Waals surface area contributed by atoms with E-state index >= 15 is 0 Å². The molecule has 0 atom stereocenters. The van der Waals surface area contributed by atoms with Gasteiger partial charge in [-0.1, -0.05) is 12.2 Å². The van der Waals surface area contributed by atoms with Crippen LogP contribution in [0, 0.1) is 0 Å². The molecule has 1 aliphatic carbocycles. The second-order valence-electron chi connectivity index (χ2n) is 6.12. The molecule has 114 valence electrons. The molecule has 0 unspecified atom stereocenters. The number of rotatable bonds is 4. The summed E-state index contributed by atoms with van der Waals surface area (Å²) in [5.74, 6) is 0.903. The third-order valence-electron chi connectivity index (χ3n) is 4.13. The second kappa shape index (κ2) is 7.09. The average Bonchev–Trinajstić information content (AvgIpc) is 2.97. The van der Waals surface area contributed by atoms with Crippen molar-refractivity contribution < 1.29 is 4.74 Å². The molecule has 0 aromatic carbocycles. The van der Waals surface area contributed by atoms with Crippen molar-refractivity contribution in [3.05, 3.63) is 12.2 Å². The molecular weight excluding hydrogens is 252 g/mol. The van der Waals surface area contributed by atoms with Gasteiger partial charge in [-0.05, 0) is 26.7 Å². The van der Waals surface area contributed by atoms with Crippen LogP contribution in [0.4, 0.5) is 0 Å². The minimum Gasteiger partial charge on any atom is -0.379 e. The maximum absolute atomic E-state index is 5.43.